The predicted octanol–water partition coefficient (Wildman–Crippen LogP) is 2.74. The maximum atomic E-state index is 13.8. The van der Waals surface area contributed by atoms with Crippen molar-refractivity contribution in [2.24, 2.45) is 11.8 Å². The summed E-state index contributed by atoms with van der Waals surface area (Å²) in [4.78, 5) is 39.7. The number of carbonyl (C=O) groups excluding carboxylic acids is 3. The first-order chi connectivity index (χ1) is 13.0. The molecule has 1 saturated heterocycles. The van der Waals surface area contributed by atoms with E-state index < -0.39 is 17.8 Å². The Kier molecular flexibility index (Phi) is 6.52. The zero-order valence-corrected chi connectivity index (χ0v) is 16.3. The van der Waals surface area contributed by atoms with Crippen LogP contribution < -0.4 is 5.32 Å². The van der Waals surface area contributed by atoms with E-state index in [9.17, 15) is 18.8 Å². The van der Waals surface area contributed by atoms with Gasteiger partial charge in [0, 0.05) is 12.1 Å². The van der Waals surface area contributed by atoms with Gasteiger partial charge in [-0.1, -0.05) is 31.0 Å². The second-order valence-electron chi connectivity index (χ2n) is 7.15. The number of nitrogens with one attached hydrogen (secondary N) is 1. The van der Waals surface area contributed by atoms with E-state index in [1.807, 2.05) is 6.26 Å². The highest BCUT2D eigenvalue weighted by Gasteiger charge is 2.51. The van der Waals surface area contributed by atoms with Crippen molar-refractivity contribution in [2.75, 3.05) is 12.0 Å². The third-order valence-corrected chi connectivity index (χ3v) is 6.14. The number of imide groups is 1. The molecule has 1 aromatic rings. The van der Waals surface area contributed by atoms with Crippen LogP contribution in [0.5, 0.6) is 0 Å². The molecule has 1 aliphatic heterocycles. The van der Waals surface area contributed by atoms with Crippen molar-refractivity contribution in [3.8, 4) is 0 Å². The van der Waals surface area contributed by atoms with Crippen molar-refractivity contribution in [3.05, 3.63) is 35.6 Å². The third-order valence-electron chi connectivity index (χ3n) is 5.50. The molecule has 7 heteroatoms. The van der Waals surface area contributed by atoms with Crippen LogP contribution in [0.1, 0.15) is 37.7 Å². The highest BCUT2D eigenvalue weighted by molar-refractivity contribution is 7.98. The van der Waals surface area contributed by atoms with Gasteiger partial charge >= 0.3 is 0 Å². The quantitative estimate of drug-likeness (QED) is 0.725. The van der Waals surface area contributed by atoms with E-state index in [1.54, 1.807) is 30.0 Å². The summed E-state index contributed by atoms with van der Waals surface area (Å²) in [5, 5.41) is 2.71. The van der Waals surface area contributed by atoms with Crippen LogP contribution in [0.4, 0.5) is 4.39 Å². The Morgan fingerprint density at radius 3 is 2.44 bits per heavy atom. The Bertz CT molecular complexity index is 703. The smallest absolute Gasteiger partial charge is 0.243 e. The van der Waals surface area contributed by atoms with Crippen LogP contribution in [0, 0.1) is 17.7 Å². The summed E-state index contributed by atoms with van der Waals surface area (Å²) in [6.07, 6.45) is 5.66. The van der Waals surface area contributed by atoms with E-state index in [0.29, 0.717) is 17.7 Å². The molecule has 3 rings (SSSR count). The molecule has 2 fully saturated rings. The van der Waals surface area contributed by atoms with Crippen molar-refractivity contribution < 1.29 is 18.8 Å². The van der Waals surface area contributed by atoms with Crippen molar-refractivity contribution in [1.29, 1.82) is 0 Å². The monoisotopic (exact) mass is 392 g/mol. The molecule has 0 bridgehead atoms. The minimum absolute atomic E-state index is 0.0321. The standard InChI is InChI=1S/C20H25FN2O3S/c1-27-11-10-17(18(24)22-12-13-6-2-5-9-16(13)21)23-19(25)14-7-3-4-8-15(14)20(23)26/h2,5-6,9,14-15,17H,3-4,7-8,10-12H2,1H3,(H,22,24). The van der Waals surface area contributed by atoms with Crippen LogP contribution in [0.3, 0.4) is 0 Å². The topological polar surface area (TPSA) is 66.5 Å². The molecule has 3 amide bonds. The molecule has 1 aliphatic carbocycles. The van der Waals surface area contributed by atoms with Crippen molar-refractivity contribution >= 4 is 29.5 Å². The predicted molar refractivity (Wildman–Crippen MR) is 102 cm³/mol. The van der Waals surface area contributed by atoms with Crippen LogP contribution >= 0.6 is 11.8 Å². The summed E-state index contributed by atoms with van der Waals surface area (Å²) < 4.78 is 13.8. The average molecular weight is 392 g/mol. The number of rotatable bonds is 7. The summed E-state index contributed by atoms with van der Waals surface area (Å²) in [5.41, 5.74) is 0.377. The van der Waals surface area contributed by atoms with Gasteiger partial charge in [-0.05, 0) is 37.3 Å². The van der Waals surface area contributed by atoms with Crippen molar-refractivity contribution in [1.82, 2.24) is 10.2 Å². The van der Waals surface area contributed by atoms with Gasteiger partial charge in [0.2, 0.25) is 17.7 Å². The van der Waals surface area contributed by atoms with E-state index in [4.69, 9.17) is 0 Å². The number of halogens is 1. The molecule has 0 aromatic heterocycles. The lowest BCUT2D eigenvalue weighted by Gasteiger charge is -2.26. The van der Waals surface area contributed by atoms with Crippen molar-refractivity contribution in [2.45, 2.75) is 44.7 Å². The lowest BCUT2D eigenvalue weighted by molar-refractivity contribution is -0.148. The number of benzene rings is 1. The van der Waals surface area contributed by atoms with Gasteiger partial charge in [0.05, 0.1) is 11.8 Å². The SMILES string of the molecule is CSCCC(C(=O)NCc1ccccc1F)N1C(=O)C2CCCCC2C1=O. The Morgan fingerprint density at radius 2 is 1.85 bits per heavy atom. The molecule has 1 saturated carbocycles. The molecule has 146 valence electrons. The Hall–Kier alpha value is -1.89. The molecule has 1 aromatic carbocycles. The van der Waals surface area contributed by atoms with Gasteiger partial charge < -0.3 is 5.32 Å². The molecule has 27 heavy (non-hydrogen) atoms. The summed E-state index contributed by atoms with van der Waals surface area (Å²) in [7, 11) is 0. The van der Waals surface area contributed by atoms with E-state index >= 15 is 0 Å². The fraction of sp³-hybridized carbons (Fsp3) is 0.550. The number of hydrogen-bond donors (Lipinski definition) is 1. The second kappa shape index (κ2) is 8.87. The number of carbonyl (C=O) groups is 3. The lowest BCUT2D eigenvalue weighted by atomic mass is 9.81. The average Bonchev–Trinajstić information content (AvgIpc) is 2.93. The highest BCUT2D eigenvalue weighted by Crippen LogP contribution is 2.39. The third kappa shape index (κ3) is 4.18. The molecule has 2 aliphatic rings. The number of hydrogen-bond acceptors (Lipinski definition) is 4. The first kappa shape index (κ1) is 19.9. The number of thioether (sulfide) groups is 1. The summed E-state index contributed by atoms with van der Waals surface area (Å²) in [6, 6.07) is 5.41. The van der Waals surface area contributed by atoms with E-state index in [-0.39, 0.29) is 30.2 Å². The largest absolute Gasteiger partial charge is 0.350 e. The van der Waals surface area contributed by atoms with Crippen LogP contribution in [0.15, 0.2) is 24.3 Å². The Labute approximate surface area is 163 Å². The van der Waals surface area contributed by atoms with Gasteiger partial charge in [-0.15, -0.1) is 0 Å². The van der Waals surface area contributed by atoms with E-state index in [1.165, 1.54) is 11.0 Å². The number of likely N-dealkylation sites (tertiary alicyclic amines) is 1. The maximum Gasteiger partial charge on any atom is 0.243 e. The summed E-state index contributed by atoms with van der Waals surface area (Å²) in [5.74, 6) is -1.10. The van der Waals surface area contributed by atoms with Gasteiger partial charge in [-0.3, -0.25) is 19.3 Å². The van der Waals surface area contributed by atoms with E-state index in [0.717, 1.165) is 25.7 Å². The zero-order valence-electron chi connectivity index (χ0n) is 15.4. The fourth-order valence-corrected chi connectivity index (χ4v) is 4.50. The molecule has 3 unspecified atom stereocenters. The maximum absolute atomic E-state index is 13.8. The van der Waals surface area contributed by atoms with Crippen LogP contribution in [0.25, 0.3) is 0 Å². The van der Waals surface area contributed by atoms with Gasteiger partial charge in [-0.2, -0.15) is 11.8 Å². The van der Waals surface area contributed by atoms with Gasteiger partial charge in [0.1, 0.15) is 11.9 Å². The summed E-state index contributed by atoms with van der Waals surface area (Å²) in [6.45, 7) is 0.0321. The molecule has 3 atom stereocenters. The zero-order chi connectivity index (χ0) is 19.4. The molecule has 0 spiro atoms. The number of nitrogens with zero attached hydrogens (tertiary/aromatic N) is 1. The molecular weight excluding hydrogens is 367 g/mol. The normalized spacial score (nSPS) is 23.3. The minimum atomic E-state index is -0.824. The lowest BCUT2D eigenvalue weighted by Crippen LogP contribution is -2.50. The molecular formula is C20H25FN2O3S. The van der Waals surface area contributed by atoms with Crippen LogP contribution in [-0.2, 0) is 20.9 Å². The van der Waals surface area contributed by atoms with Crippen LogP contribution in [-0.4, -0.2) is 40.7 Å². The molecule has 0 radical (unpaired) electrons. The van der Waals surface area contributed by atoms with Gasteiger partial charge in [0.15, 0.2) is 0 Å². The highest BCUT2D eigenvalue weighted by atomic mass is 32.2. The molecule has 1 N–H and O–H groups in total. The Morgan fingerprint density at radius 1 is 1.22 bits per heavy atom. The number of fused-ring (bicyclic) bond motifs is 1. The van der Waals surface area contributed by atoms with Crippen LogP contribution in [0.2, 0.25) is 0 Å². The fourth-order valence-electron chi connectivity index (χ4n) is 4.04. The van der Waals surface area contributed by atoms with E-state index in [2.05, 4.69) is 5.32 Å². The Balaban J connectivity index is 1.74. The van der Waals surface area contributed by atoms with Crippen molar-refractivity contribution in [3.63, 3.8) is 0 Å². The van der Waals surface area contributed by atoms with Gasteiger partial charge in [0.25, 0.3) is 0 Å². The molecule has 1 heterocycles. The minimum Gasteiger partial charge on any atom is -0.350 e. The molecule has 5 nitrogen and oxygen atoms in total. The summed E-state index contributed by atoms with van der Waals surface area (Å²) >= 11 is 1.56. The second-order valence-corrected chi connectivity index (χ2v) is 8.14. The first-order valence-electron chi connectivity index (χ1n) is 9.41. The first-order valence-corrected chi connectivity index (χ1v) is 10.8. The number of amides is 3. The van der Waals surface area contributed by atoms with Gasteiger partial charge in [-0.25, -0.2) is 4.39 Å².